The van der Waals surface area contributed by atoms with Crippen LogP contribution in [0.4, 0.5) is 4.79 Å². The van der Waals surface area contributed by atoms with Crippen molar-refractivity contribution in [2.24, 2.45) is 0 Å². The van der Waals surface area contributed by atoms with Crippen LogP contribution in [0.15, 0.2) is 24.5 Å². The Morgan fingerprint density at radius 2 is 2.18 bits per heavy atom. The quantitative estimate of drug-likeness (QED) is 0.555. The van der Waals surface area contributed by atoms with Gasteiger partial charge < -0.3 is 14.4 Å². The van der Waals surface area contributed by atoms with E-state index in [2.05, 4.69) is 6.58 Å². The summed E-state index contributed by atoms with van der Waals surface area (Å²) in [5, 5.41) is 0. The van der Waals surface area contributed by atoms with Crippen molar-refractivity contribution in [1.82, 2.24) is 4.90 Å². The standard InChI is InChI=1S/C12H17NO4/c1-5-10(14)13(4)8-6-7-9-12(2,3)17-11(15)16-9/h5,7H,1,6,8H2,2-4H3/b9-7+. The lowest BCUT2D eigenvalue weighted by molar-refractivity contribution is -0.124. The second-order valence-electron chi connectivity index (χ2n) is 4.29. The number of amides is 1. The molecule has 0 spiro atoms. The Labute approximate surface area is 101 Å². The van der Waals surface area contributed by atoms with Gasteiger partial charge in [-0.15, -0.1) is 0 Å². The van der Waals surface area contributed by atoms with Crippen molar-refractivity contribution < 1.29 is 19.1 Å². The minimum absolute atomic E-state index is 0.137. The fourth-order valence-electron chi connectivity index (χ4n) is 1.43. The van der Waals surface area contributed by atoms with E-state index < -0.39 is 11.8 Å². The highest BCUT2D eigenvalue weighted by molar-refractivity contribution is 5.86. The molecule has 0 aromatic heterocycles. The zero-order valence-electron chi connectivity index (χ0n) is 10.4. The molecule has 0 bridgehead atoms. The molecule has 0 aromatic rings. The smallest absolute Gasteiger partial charge is 0.420 e. The summed E-state index contributed by atoms with van der Waals surface area (Å²) in [6.07, 6.45) is 2.93. The SMILES string of the molecule is C=CC(=O)N(C)CC/C=C1/OC(=O)OC1(C)C. The van der Waals surface area contributed by atoms with Gasteiger partial charge in [-0.25, -0.2) is 4.79 Å². The second-order valence-corrected chi connectivity index (χ2v) is 4.29. The van der Waals surface area contributed by atoms with Gasteiger partial charge in [0.05, 0.1) is 0 Å². The van der Waals surface area contributed by atoms with E-state index in [1.165, 1.54) is 11.0 Å². The molecule has 1 rings (SSSR count). The first-order valence-electron chi connectivity index (χ1n) is 5.36. The van der Waals surface area contributed by atoms with Crippen molar-refractivity contribution in [2.45, 2.75) is 25.9 Å². The van der Waals surface area contributed by atoms with E-state index in [-0.39, 0.29) is 5.91 Å². The first-order chi connectivity index (χ1) is 7.86. The number of likely N-dealkylation sites (N-methyl/N-ethyl adjacent to an activating group) is 1. The molecule has 1 aliphatic heterocycles. The Bertz CT molecular complexity index is 371. The van der Waals surface area contributed by atoms with Gasteiger partial charge in [-0.05, 0) is 32.4 Å². The summed E-state index contributed by atoms with van der Waals surface area (Å²) in [6.45, 7) is 7.44. The molecular weight excluding hydrogens is 222 g/mol. The molecule has 5 nitrogen and oxygen atoms in total. The van der Waals surface area contributed by atoms with Crippen LogP contribution in [0, 0.1) is 0 Å². The first-order valence-corrected chi connectivity index (χ1v) is 5.36. The lowest BCUT2D eigenvalue weighted by Gasteiger charge is -2.16. The highest BCUT2D eigenvalue weighted by Gasteiger charge is 2.38. The van der Waals surface area contributed by atoms with Crippen molar-refractivity contribution >= 4 is 12.1 Å². The minimum Gasteiger partial charge on any atom is -0.420 e. The fourth-order valence-corrected chi connectivity index (χ4v) is 1.43. The van der Waals surface area contributed by atoms with Crippen LogP contribution in [-0.4, -0.2) is 36.2 Å². The van der Waals surface area contributed by atoms with Crippen molar-refractivity contribution in [1.29, 1.82) is 0 Å². The maximum Gasteiger partial charge on any atom is 0.514 e. The van der Waals surface area contributed by atoms with Crippen molar-refractivity contribution in [3.05, 3.63) is 24.5 Å². The van der Waals surface area contributed by atoms with Crippen LogP contribution in [0.1, 0.15) is 20.3 Å². The number of hydrogen-bond donors (Lipinski definition) is 0. The third-order valence-corrected chi connectivity index (χ3v) is 2.47. The van der Waals surface area contributed by atoms with E-state index >= 15 is 0 Å². The first kappa shape index (κ1) is 13.3. The van der Waals surface area contributed by atoms with Crippen LogP contribution in [-0.2, 0) is 14.3 Å². The number of cyclic esters (lactones) is 2. The topological polar surface area (TPSA) is 55.8 Å². The molecule has 0 radical (unpaired) electrons. The van der Waals surface area contributed by atoms with Gasteiger partial charge in [0.25, 0.3) is 0 Å². The molecule has 0 unspecified atom stereocenters. The van der Waals surface area contributed by atoms with Crippen LogP contribution < -0.4 is 0 Å². The molecule has 5 heteroatoms. The Morgan fingerprint density at radius 3 is 2.65 bits per heavy atom. The average Bonchev–Trinajstić information content (AvgIpc) is 2.50. The predicted molar refractivity (Wildman–Crippen MR) is 62.2 cm³/mol. The molecule has 1 amide bonds. The highest BCUT2D eigenvalue weighted by Crippen LogP contribution is 2.29. The van der Waals surface area contributed by atoms with E-state index in [1.54, 1.807) is 27.0 Å². The maximum atomic E-state index is 11.2. The highest BCUT2D eigenvalue weighted by atomic mass is 16.8. The summed E-state index contributed by atoms with van der Waals surface area (Å²) in [7, 11) is 1.69. The molecule has 0 N–H and O–H groups in total. The van der Waals surface area contributed by atoms with E-state index in [4.69, 9.17) is 9.47 Å². The predicted octanol–water partition coefficient (Wildman–Crippen LogP) is 1.85. The third-order valence-electron chi connectivity index (χ3n) is 2.47. The molecule has 1 fully saturated rings. The maximum absolute atomic E-state index is 11.2. The molecule has 17 heavy (non-hydrogen) atoms. The summed E-state index contributed by atoms with van der Waals surface area (Å²) >= 11 is 0. The number of hydrogen-bond acceptors (Lipinski definition) is 4. The van der Waals surface area contributed by atoms with Crippen molar-refractivity contribution in [3.63, 3.8) is 0 Å². The van der Waals surface area contributed by atoms with Crippen LogP contribution in [0.25, 0.3) is 0 Å². The van der Waals surface area contributed by atoms with Gasteiger partial charge in [-0.1, -0.05) is 6.58 Å². The zero-order chi connectivity index (χ0) is 13.1. The molecule has 0 aromatic carbocycles. The van der Waals surface area contributed by atoms with Gasteiger partial charge in [0.15, 0.2) is 11.4 Å². The van der Waals surface area contributed by atoms with Crippen LogP contribution in [0.5, 0.6) is 0 Å². The summed E-state index contributed by atoms with van der Waals surface area (Å²) in [5.74, 6) is 0.351. The normalized spacial score (nSPS) is 19.7. The van der Waals surface area contributed by atoms with Gasteiger partial charge in [-0.3, -0.25) is 4.79 Å². The van der Waals surface area contributed by atoms with E-state index in [0.717, 1.165) is 0 Å². The fraction of sp³-hybridized carbons (Fsp3) is 0.500. The van der Waals surface area contributed by atoms with Crippen LogP contribution in [0.3, 0.4) is 0 Å². The van der Waals surface area contributed by atoms with Gasteiger partial charge in [-0.2, -0.15) is 0 Å². The number of carbonyl (C=O) groups is 2. The third kappa shape index (κ3) is 3.34. The molecule has 1 aliphatic rings. The summed E-state index contributed by atoms with van der Waals surface area (Å²) in [5.41, 5.74) is -0.724. The van der Waals surface area contributed by atoms with Crippen LogP contribution in [0.2, 0.25) is 0 Å². The summed E-state index contributed by atoms with van der Waals surface area (Å²) in [4.78, 5) is 23.7. The van der Waals surface area contributed by atoms with E-state index in [1.807, 2.05) is 0 Å². The van der Waals surface area contributed by atoms with E-state index in [9.17, 15) is 9.59 Å². The Hall–Kier alpha value is -1.78. The average molecular weight is 239 g/mol. The van der Waals surface area contributed by atoms with Gasteiger partial charge >= 0.3 is 6.16 Å². The molecule has 94 valence electrons. The number of nitrogens with zero attached hydrogens (tertiary/aromatic N) is 1. The minimum atomic E-state index is -0.724. The van der Waals surface area contributed by atoms with Gasteiger partial charge in [0.1, 0.15) is 0 Å². The Morgan fingerprint density at radius 1 is 1.53 bits per heavy atom. The monoisotopic (exact) mass is 239 g/mol. The Kier molecular flexibility index (Phi) is 3.93. The van der Waals surface area contributed by atoms with E-state index in [0.29, 0.717) is 18.7 Å². The van der Waals surface area contributed by atoms with Crippen LogP contribution >= 0.6 is 0 Å². The summed E-state index contributed by atoms with van der Waals surface area (Å²) in [6, 6.07) is 0. The van der Waals surface area contributed by atoms with Gasteiger partial charge in [0.2, 0.25) is 5.91 Å². The second kappa shape index (κ2) is 5.03. The molecular formula is C12H17NO4. The molecule has 1 heterocycles. The number of ether oxygens (including phenoxy) is 2. The lowest BCUT2D eigenvalue weighted by atomic mass is 10.1. The van der Waals surface area contributed by atoms with Crippen molar-refractivity contribution in [3.8, 4) is 0 Å². The summed E-state index contributed by atoms with van der Waals surface area (Å²) < 4.78 is 9.88. The zero-order valence-corrected chi connectivity index (χ0v) is 10.4. The molecule has 1 saturated heterocycles. The molecule has 0 atom stereocenters. The largest absolute Gasteiger partial charge is 0.514 e. The lowest BCUT2D eigenvalue weighted by Crippen LogP contribution is -2.25. The number of rotatable bonds is 4. The number of carbonyl (C=O) groups excluding carboxylic acids is 2. The Balaban J connectivity index is 2.52. The van der Waals surface area contributed by atoms with Crippen molar-refractivity contribution in [2.75, 3.05) is 13.6 Å². The molecule has 0 aliphatic carbocycles. The van der Waals surface area contributed by atoms with Gasteiger partial charge in [0, 0.05) is 13.6 Å². The molecule has 0 saturated carbocycles.